The first-order chi connectivity index (χ1) is 7.55. The molecular weight excluding hydrogens is 200 g/mol. The van der Waals surface area contributed by atoms with Gasteiger partial charge in [0.05, 0.1) is 18.5 Å². The van der Waals surface area contributed by atoms with Crippen LogP contribution in [0.3, 0.4) is 0 Å². The summed E-state index contributed by atoms with van der Waals surface area (Å²) in [5.41, 5.74) is 2.55. The van der Waals surface area contributed by atoms with Gasteiger partial charge in [0.2, 0.25) is 0 Å². The zero-order valence-electron chi connectivity index (χ0n) is 10.5. The topological polar surface area (TPSA) is 24.5 Å². The molecule has 1 aliphatic heterocycles. The third kappa shape index (κ3) is 1.94. The predicted octanol–water partition coefficient (Wildman–Crippen LogP) is 2.73. The highest BCUT2D eigenvalue weighted by Crippen LogP contribution is 2.36. The summed E-state index contributed by atoms with van der Waals surface area (Å²) in [7, 11) is 1.71. The zero-order chi connectivity index (χ0) is 11.8. The number of anilines is 2. The summed E-state index contributed by atoms with van der Waals surface area (Å²) in [5, 5.41) is 3.55. The summed E-state index contributed by atoms with van der Waals surface area (Å²) >= 11 is 0. The van der Waals surface area contributed by atoms with Crippen LogP contribution in [0.5, 0.6) is 5.75 Å². The Kier molecular flexibility index (Phi) is 2.70. The van der Waals surface area contributed by atoms with Crippen LogP contribution in [0, 0.1) is 0 Å². The second kappa shape index (κ2) is 3.89. The fourth-order valence-corrected chi connectivity index (χ4v) is 2.25. The number of rotatable bonds is 2. The molecule has 0 unspecified atom stereocenters. The maximum atomic E-state index is 5.27. The monoisotopic (exact) mass is 220 g/mol. The molecule has 1 N–H and O–H groups in total. The van der Waals surface area contributed by atoms with Gasteiger partial charge in [-0.25, -0.2) is 0 Å². The smallest absolute Gasteiger partial charge is 0.121 e. The van der Waals surface area contributed by atoms with Crippen molar-refractivity contribution < 1.29 is 4.74 Å². The number of fused-ring (bicyclic) bond motifs is 1. The normalized spacial score (nSPS) is 17.6. The van der Waals surface area contributed by atoms with Crippen molar-refractivity contribution in [1.29, 1.82) is 0 Å². The van der Waals surface area contributed by atoms with E-state index in [9.17, 15) is 0 Å². The lowest BCUT2D eigenvalue weighted by molar-refractivity contribution is 0.414. The molecule has 1 aromatic carbocycles. The van der Waals surface area contributed by atoms with Crippen LogP contribution in [0.1, 0.15) is 20.8 Å². The van der Waals surface area contributed by atoms with E-state index in [1.165, 1.54) is 11.4 Å². The van der Waals surface area contributed by atoms with Gasteiger partial charge in [-0.05, 0) is 32.9 Å². The highest BCUT2D eigenvalue weighted by Gasteiger charge is 2.28. The van der Waals surface area contributed by atoms with Crippen molar-refractivity contribution in [3.05, 3.63) is 18.2 Å². The molecule has 0 spiro atoms. The van der Waals surface area contributed by atoms with Gasteiger partial charge >= 0.3 is 0 Å². The molecule has 0 radical (unpaired) electrons. The molecule has 0 saturated carbocycles. The first-order valence-electron chi connectivity index (χ1n) is 5.77. The van der Waals surface area contributed by atoms with Gasteiger partial charge in [0, 0.05) is 24.7 Å². The van der Waals surface area contributed by atoms with Crippen molar-refractivity contribution in [2.24, 2.45) is 0 Å². The average Bonchev–Trinajstić information content (AvgIpc) is 2.26. The third-order valence-electron chi connectivity index (χ3n) is 2.99. The van der Waals surface area contributed by atoms with Crippen molar-refractivity contribution >= 4 is 11.4 Å². The van der Waals surface area contributed by atoms with E-state index in [1.54, 1.807) is 7.11 Å². The number of nitrogens with one attached hydrogen (secondary N) is 1. The summed E-state index contributed by atoms with van der Waals surface area (Å²) in [6.07, 6.45) is 0. The second-order valence-corrected chi connectivity index (χ2v) is 4.91. The lowest BCUT2D eigenvalue weighted by atomic mass is 9.99. The van der Waals surface area contributed by atoms with Crippen molar-refractivity contribution in [2.75, 3.05) is 30.4 Å². The standard InChI is InChI=1S/C13H20N2O/c1-5-15-9-13(2,3)14-11-7-6-10(16-4)8-12(11)15/h6-8,14H,5,9H2,1-4H3. The zero-order valence-corrected chi connectivity index (χ0v) is 10.5. The van der Waals surface area contributed by atoms with Gasteiger partial charge in [0.1, 0.15) is 5.75 Å². The first-order valence-corrected chi connectivity index (χ1v) is 5.77. The summed E-state index contributed by atoms with van der Waals surface area (Å²) in [5.74, 6) is 0.915. The molecule has 0 saturated heterocycles. The molecule has 0 aromatic heterocycles. The Balaban J connectivity index is 2.42. The second-order valence-electron chi connectivity index (χ2n) is 4.91. The molecule has 1 aromatic rings. The largest absolute Gasteiger partial charge is 0.497 e. The van der Waals surface area contributed by atoms with Gasteiger partial charge in [-0.15, -0.1) is 0 Å². The van der Waals surface area contributed by atoms with Crippen LogP contribution >= 0.6 is 0 Å². The maximum absolute atomic E-state index is 5.27. The molecule has 0 aliphatic carbocycles. The Morgan fingerprint density at radius 2 is 2.19 bits per heavy atom. The molecule has 3 nitrogen and oxygen atoms in total. The van der Waals surface area contributed by atoms with E-state index in [4.69, 9.17) is 4.74 Å². The molecule has 0 fully saturated rings. The highest BCUT2D eigenvalue weighted by molar-refractivity contribution is 5.75. The Labute approximate surface area is 97.4 Å². The minimum Gasteiger partial charge on any atom is -0.497 e. The minimum atomic E-state index is 0.123. The molecule has 2 rings (SSSR count). The van der Waals surface area contributed by atoms with E-state index >= 15 is 0 Å². The molecule has 16 heavy (non-hydrogen) atoms. The quantitative estimate of drug-likeness (QED) is 0.829. The molecular formula is C13H20N2O. The molecule has 0 amide bonds. The highest BCUT2D eigenvalue weighted by atomic mass is 16.5. The van der Waals surface area contributed by atoms with Crippen LogP contribution < -0.4 is 15.0 Å². The van der Waals surface area contributed by atoms with Crippen LogP contribution in [0.15, 0.2) is 18.2 Å². The average molecular weight is 220 g/mol. The number of ether oxygens (including phenoxy) is 1. The Morgan fingerprint density at radius 1 is 1.44 bits per heavy atom. The summed E-state index contributed by atoms with van der Waals surface area (Å²) in [6.45, 7) is 8.67. The van der Waals surface area contributed by atoms with E-state index in [1.807, 2.05) is 6.07 Å². The summed E-state index contributed by atoms with van der Waals surface area (Å²) in [4.78, 5) is 2.38. The molecule has 88 valence electrons. The SMILES string of the molecule is CCN1CC(C)(C)Nc2ccc(OC)cc21. The van der Waals surface area contributed by atoms with Crippen molar-refractivity contribution in [2.45, 2.75) is 26.3 Å². The Hall–Kier alpha value is -1.38. The molecule has 1 aliphatic rings. The van der Waals surface area contributed by atoms with Gasteiger partial charge in [0.15, 0.2) is 0 Å². The van der Waals surface area contributed by atoms with Gasteiger partial charge < -0.3 is 15.0 Å². The number of nitrogens with zero attached hydrogens (tertiary/aromatic N) is 1. The number of benzene rings is 1. The van der Waals surface area contributed by atoms with Crippen LogP contribution in [0.25, 0.3) is 0 Å². The maximum Gasteiger partial charge on any atom is 0.121 e. The number of likely N-dealkylation sites (N-methyl/N-ethyl adjacent to an activating group) is 1. The van der Waals surface area contributed by atoms with E-state index in [-0.39, 0.29) is 5.54 Å². The van der Waals surface area contributed by atoms with Crippen LogP contribution in [0.4, 0.5) is 11.4 Å². The fraction of sp³-hybridized carbons (Fsp3) is 0.538. The summed E-state index contributed by atoms with van der Waals surface area (Å²) in [6, 6.07) is 6.19. The van der Waals surface area contributed by atoms with Crippen molar-refractivity contribution in [3.8, 4) is 5.75 Å². The summed E-state index contributed by atoms with van der Waals surface area (Å²) < 4.78 is 5.27. The third-order valence-corrected chi connectivity index (χ3v) is 2.99. The lowest BCUT2D eigenvalue weighted by Gasteiger charge is -2.41. The van der Waals surface area contributed by atoms with Crippen molar-refractivity contribution in [1.82, 2.24) is 0 Å². The Bertz CT molecular complexity index is 388. The van der Waals surface area contributed by atoms with Gasteiger partial charge in [0.25, 0.3) is 0 Å². The molecule has 0 bridgehead atoms. The van der Waals surface area contributed by atoms with E-state index in [0.29, 0.717) is 0 Å². The van der Waals surface area contributed by atoms with E-state index < -0.39 is 0 Å². The Morgan fingerprint density at radius 3 is 2.81 bits per heavy atom. The number of hydrogen-bond donors (Lipinski definition) is 1. The number of hydrogen-bond acceptors (Lipinski definition) is 3. The van der Waals surface area contributed by atoms with E-state index in [0.717, 1.165) is 18.8 Å². The molecule has 1 heterocycles. The first kappa shape index (κ1) is 11.1. The van der Waals surface area contributed by atoms with Crippen LogP contribution in [-0.2, 0) is 0 Å². The van der Waals surface area contributed by atoms with Gasteiger partial charge in [-0.2, -0.15) is 0 Å². The fourth-order valence-electron chi connectivity index (χ4n) is 2.25. The van der Waals surface area contributed by atoms with Gasteiger partial charge in [-0.3, -0.25) is 0 Å². The number of methoxy groups -OCH3 is 1. The molecule has 0 atom stereocenters. The predicted molar refractivity (Wildman–Crippen MR) is 68.6 cm³/mol. The van der Waals surface area contributed by atoms with E-state index in [2.05, 4.69) is 43.1 Å². The minimum absolute atomic E-state index is 0.123. The molecule has 3 heteroatoms. The van der Waals surface area contributed by atoms with Crippen molar-refractivity contribution in [3.63, 3.8) is 0 Å². The lowest BCUT2D eigenvalue weighted by Crippen LogP contribution is -2.48. The van der Waals surface area contributed by atoms with Crippen LogP contribution in [-0.4, -0.2) is 25.7 Å². The van der Waals surface area contributed by atoms with Gasteiger partial charge in [-0.1, -0.05) is 0 Å². The van der Waals surface area contributed by atoms with Crippen LogP contribution in [0.2, 0.25) is 0 Å².